The summed E-state index contributed by atoms with van der Waals surface area (Å²) in [6, 6.07) is 2.03. The zero-order valence-corrected chi connectivity index (χ0v) is 8.01. The van der Waals surface area contributed by atoms with Crippen molar-refractivity contribution in [3.8, 4) is 0 Å². The number of hydrogen-bond donors (Lipinski definition) is 0. The van der Waals surface area contributed by atoms with Gasteiger partial charge < -0.3 is 0 Å². The van der Waals surface area contributed by atoms with Gasteiger partial charge in [0.15, 0.2) is 0 Å². The van der Waals surface area contributed by atoms with Gasteiger partial charge in [-0.15, -0.1) is 0 Å². The van der Waals surface area contributed by atoms with Crippen LogP contribution in [0.3, 0.4) is 0 Å². The first-order valence-electron chi connectivity index (χ1n) is 3.41. The van der Waals surface area contributed by atoms with Crippen molar-refractivity contribution in [1.29, 1.82) is 0 Å². The molecule has 0 unspecified atom stereocenters. The number of carbonyl (C=O) groups is 1. The quantitative estimate of drug-likeness (QED) is 0.446. The third-order valence-electron chi connectivity index (χ3n) is 1.39. The van der Waals surface area contributed by atoms with Crippen LogP contribution in [-0.2, 0) is 4.79 Å². The number of carbonyl (C=O) groups excluding carboxylic acids is 1. The molecule has 13 heavy (non-hydrogen) atoms. The molecule has 0 spiro atoms. The summed E-state index contributed by atoms with van der Waals surface area (Å²) in [6.07, 6.45) is 2.81. The molecule has 0 bridgehead atoms. The molecule has 0 aromatic heterocycles. The van der Waals surface area contributed by atoms with Crippen LogP contribution in [0.5, 0.6) is 0 Å². The molecule has 0 fully saturated rings. The topological polar surface area (TPSA) is 17.1 Å². The zero-order chi connectivity index (χ0) is 9.84. The maximum atomic E-state index is 13.0. The molecular weight excluding hydrogens is 242 g/mol. The standard InChI is InChI=1S/C9H5BrF2O/c10-7-5-8(11)6(2-1-3-13)4-9(7)12/h1-5H/b2-1+. The summed E-state index contributed by atoms with van der Waals surface area (Å²) >= 11 is 2.84. The average molecular weight is 247 g/mol. The number of rotatable bonds is 2. The van der Waals surface area contributed by atoms with Crippen molar-refractivity contribution in [3.63, 3.8) is 0 Å². The van der Waals surface area contributed by atoms with Gasteiger partial charge in [0.05, 0.1) is 4.47 Å². The largest absolute Gasteiger partial charge is 0.299 e. The lowest BCUT2D eigenvalue weighted by Gasteiger charge is -1.98. The van der Waals surface area contributed by atoms with E-state index in [1.807, 2.05) is 0 Å². The van der Waals surface area contributed by atoms with Gasteiger partial charge in [-0.2, -0.15) is 0 Å². The second kappa shape index (κ2) is 4.28. The Hall–Kier alpha value is -1.03. The Labute approximate surface area is 82.2 Å². The fraction of sp³-hybridized carbons (Fsp3) is 0. The predicted molar refractivity (Wildman–Crippen MR) is 49.2 cm³/mol. The monoisotopic (exact) mass is 246 g/mol. The van der Waals surface area contributed by atoms with Crippen molar-refractivity contribution < 1.29 is 13.6 Å². The second-order valence-corrected chi connectivity index (χ2v) is 3.14. The van der Waals surface area contributed by atoms with Crippen molar-refractivity contribution in [1.82, 2.24) is 0 Å². The first-order chi connectivity index (χ1) is 6.15. The van der Waals surface area contributed by atoms with Crippen LogP contribution in [0.25, 0.3) is 6.08 Å². The first-order valence-corrected chi connectivity index (χ1v) is 4.21. The maximum absolute atomic E-state index is 13.0. The number of hydrogen-bond acceptors (Lipinski definition) is 1. The molecular formula is C9H5BrF2O. The van der Waals surface area contributed by atoms with Gasteiger partial charge in [-0.05, 0) is 40.2 Å². The normalized spacial score (nSPS) is 10.7. The van der Waals surface area contributed by atoms with Gasteiger partial charge >= 0.3 is 0 Å². The van der Waals surface area contributed by atoms with Gasteiger partial charge in [0.1, 0.15) is 17.9 Å². The maximum Gasteiger partial charge on any atom is 0.142 e. The van der Waals surface area contributed by atoms with Crippen LogP contribution in [0.4, 0.5) is 8.78 Å². The van der Waals surface area contributed by atoms with Gasteiger partial charge in [-0.1, -0.05) is 0 Å². The summed E-state index contributed by atoms with van der Waals surface area (Å²) in [5.74, 6) is -1.14. The van der Waals surface area contributed by atoms with E-state index in [-0.39, 0.29) is 10.0 Å². The molecule has 1 aromatic rings. The van der Waals surface area contributed by atoms with E-state index < -0.39 is 11.6 Å². The van der Waals surface area contributed by atoms with Crippen molar-refractivity contribution in [2.75, 3.05) is 0 Å². The first kappa shape index (κ1) is 10.1. The summed E-state index contributed by atoms with van der Waals surface area (Å²) in [5, 5.41) is 0. The Bertz CT molecular complexity index is 361. The summed E-state index contributed by atoms with van der Waals surface area (Å²) in [6.45, 7) is 0. The molecule has 1 aromatic carbocycles. The Balaban J connectivity index is 3.15. The van der Waals surface area contributed by atoms with Gasteiger partial charge in [-0.25, -0.2) is 8.78 Å². The molecule has 0 heterocycles. The molecule has 1 rings (SSSR count). The van der Waals surface area contributed by atoms with Crippen molar-refractivity contribution in [2.45, 2.75) is 0 Å². The number of benzene rings is 1. The van der Waals surface area contributed by atoms with E-state index in [0.29, 0.717) is 6.29 Å². The fourth-order valence-corrected chi connectivity index (χ4v) is 1.12. The Kier molecular flexibility index (Phi) is 3.31. The Morgan fingerprint density at radius 1 is 1.23 bits per heavy atom. The van der Waals surface area contributed by atoms with Crippen molar-refractivity contribution in [2.24, 2.45) is 0 Å². The van der Waals surface area contributed by atoms with Crippen LogP contribution in [0.1, 0.15) is 5.56 Å². The molecule has 0 saturated heterocycles. The van der Waals surface area contributed by atoms with E-state index in [1.165, 1.54) is 6.08 Å². The number of allylic oxidation sites excluding steroid dienone is 1. The molecule has 0 aliphatic carbocycles. The lowest BCUT2D eigenvalue weighted by molar-refractivity contribution is -0.104. The fourth-order valence-electron chi connectivity index (χ4n) is 0.809. The molecule has 68 valence electrons. The minimum Gasteiger partial charge on any atom is -0.299 e. The number of halogens is 3. The lowest BCUT2D eigenvalue weighted by atomic mass is 10.2. The summed E-state index contributed by atoms with van der Waals surface area (Å²) in [4.78, 5) is 9.93. The van der Waals surface area contributed by atoms with Gasteiger partial charge in [0.2, 0.25) is 0 Å². The van der Waals surface area contributed by atoms with Crippen LogP contribution >= 0.6 is 15.9 Å². The third kappa shape index (κ3) is 2.45. The molecule has 0 aliphatic heterocycles. The highest BCUT2D eigenvalue weighted by Crippen LogP contribution is 2.20. The van der Waals surface area contributed by atoms with Crippen molar-refractivity contribution >= 4 is 28.3 Å². The molecule has 0 aliphatic rings. The van der Waals surface area contributed by atoms with Crippen LogP contribution in [0.15, 0.2) is 22.7 Å². The number of aldehydes is 1. The van der Waals surface area contributed by atoms with Gasteiger partial charge in [0, 0.05) is 5.56 Å². The summed E-state index contributed by atoms with van der Waals surface area (Å²) in [5.41, 5.74) is 0.0489. The molecule has 4 heteroatoms. The van der Waals surface area contributed by atoms with Gasteiger partial charge in [0.25, 0.3) is 0 Å². The smallest absolute Gasteiger partial charge is 0.142 e. The minimum absolute atomic E-state index is 0.0489. The molecule has 0 amide bonds. The van der Waals surface area contributed by atoms with E-state index in [0.717, 1.165) is 18.2 Å². The van der Waals surface area contributed by atoms with Crippen LogP contribution in [0.2, 0.25) is 0 Å². The van der Waals surface area contributed by atoms with Crippen LogP contribution in [-0.4, -0.2) is 6.29 Å². The Morgan fingerprint density at radius 3 is 2.54 bits per heavy atom. The highest BCUT2D eigenvalue weighted by molar-refractivity contribution is 9.10. The third-order valence-corrected chi connectivity index (χ3v) is 2.00. The van der Waals surface area contributed by atoms with E-state index in [1.54, 1.807) is 0 Å². The summed E-state index contributed by atoms with van der Waals surface area (Å²) in [7, 11) is 0. The average Bonchev–Trinajstić information content (AvgIpc) is 2.09. The van der Waals surface area contributed by atoms with Crippen LogP contribution < -0.4 is 0 Å². The highest BCUT2D eigenvalue weighted by atomic mass is 79.9. The molecule has 0 N–H and O–H groups in total. The predicted octanol–water partition coefficient (Wildman–Crippen LogP) is 2.94. The van der Waals surface area contributed by atoms with E-state index >= 15 is 0 Å². The minimum atomic E-state index is -0.577. The molecule has 0 atom stereocenters. The molecule has 0 saturated carbocycles. The van der Waals surface area contributed by atoms with E-state index in [9.17, 15) is 13.6 Å². The second-order valence-electron chi connectivity index (χ2n) is 2.28. The highest BCUT2D eigenvalue weighted by Gasteiger charge is 2.04. The van der Waals surface area contributed by atoms with Gasteiger partial charge in [-0.3, -0.25) is 4.79 Å². The molecule has 1 nitrogen and oxygen atoms in total. The SMILES string of the molecule is O=C/C=C/c1cc(F)c(Br)cc1F. The Morgan fingerprint density at radius 2 is 1.92 bits per heavy atom. The van der Waals surface area contributed by atoms with E-state index in [4.69, 9.17) is 0 Å². The molecule has 0 radical (unpaired) electrons. The zero-order valence-electron chi connectivity index (χ0n) is 6.43. The van der Waals surface area contributed by atoms with Crippen molar-refractivity contribution in [3.05, 3.63) is 39.9 Å². The van der Waals surface area contributed by atoms with E-state index in [2.05, 4.69) is 15.9 Å². The summed E-state index contributed by atoms with van der Waals surface area (Å²) < 4.78 is 25.9. The van der Waals surface area contributed by atoms with Crippen LogP contribution in [0, 0.1) is 11.6 Å². The lowest BCUT2D eigenvalue weighted by Crippen LogP contribution is -1.86.